The zero-order valence-electron chi connectivity index (χ0n) is 12.0. The fourth-order valence-electron chi connectivity index (χ4n) is 1.50. The van der Waals surface area contributed by atoms with E-state index in [0.717, 1.165) is 19.6 Å². The largest absolute Gasteiger partial charge is 0.378 e. The number of rotatable bonds is 4. The van der Waals surface area contributed by atoms with Crippen LogP contribution >= 0.6 is 0 Å². The fraction of sp³-hybridized carbons (Fsp3) is 0.923. The molecule has 0 N–H and O–H groups in total. The summed E-state index contributed by atoms with van der Waals surface area (Å²) >= 11 is 0. The smallest absolute Gasteiger partial charge is 0.224 e. The Morgan fingerprint density at radius 1 is 1.29 bits per heavy atom. The first kappa shape index (κ1) is 16.4. The van der Waals surface area contributed by atoms with Crippen molar-refractivity contribution < 1.29 is 9.53 Å². The van der Waals surface area contributed by atoms with Gasteiger partial charge in [0, 0.05) is 32.1 Å². The molecule has 0 radical (unpaired) electrons. The average Bonchev–Trinajstić information content (AvgIpc) is 2.38. The molecule has 0 atom stereocenters. The SMILES string of the molecule is CC.CC(C)N(C)CCC(=O)N1CCOCC1. The molecule has 0 unspecified atom stereocenters. The molecule has 0 bridgehead atoms. The van der Waals surface area contributed by atoms with E-state index in [0.29, 0.717) is 25.7 Å². The minimum Gasteiger partial charge on any atom is -0.378 e. The maximum atomic E-state index is 11.8. The predicted octanol–water partition coefficient (Wildman–Crippen LogP) is 1.60. The van der Waals surface area contributed by atoms with Crippen molar-refractivity contribution in [3.05, 3.63) is 0 Å². The van der Waals surface area contributed by atoms with Gasteiger partial charge in [0.1, 0.15) is 0 Å². The van der Waals surface area contributed by atoms with Gasteiger partial charge in [-0.25, -0.2) is 0 Å². The number of carbonyl (C=O) groups is 1. The van der Waals surface area contributed by atoms with Crippen molar-refractivity contribution in [2.75, 3.05) is 39.9 Å². The maximum Gasteiger partial charge on any atom is 0.224 e. The molecular weight excluding hydrogens is 216 g/mol. The van der Waals surface area contributed by atoms with E-state index in [1.54, 1.807) is 0 Å². The van der Waals surface area contributed by atoms with Gasteiger partial charge in [0.2, 0.25) is 5.91 Å². The number of carbonyl (C=O) groups excluding carboxylic acids is 1. The molecule has 0 saturated carbocycles. The van der Waals surface area contributed by atoms with Crippen LogP contribution in [0.3, 0.4) is 0 Å². The van der Waals surface area contributed by atoms with Crippen LogP contribution in [0.1, 0.15) is 34.1 Å². The van der Waals surface area contributed by atoms with Crippen molar-refractivity contribution in [2.45, 2.75) is 40.2 Å². The number of morpholine rings is 1. The summed E-state index contributed by atoms with van der Waals surface area (Å²) < 4.78 is 5.21. The van der Waals surface area contributed by atoms with E-state index in [9.17, 15) is 4.79 Å². The molecule has 1 saturated heterocycles. The van der Waals surface area contributed by atoms with Gasteiger partial charge in [-0.1, -0.05) is 13.8 Å². The second kappa shape index (κ2) is 9.42. The second-order valence-corrected chi connectivity index (χ2v) is 4.32. The highest BCUT2D eigenvalue weighted by Gasteiger charge is 2.17. The van der Waals surface area contributed by atoms with Crippen molar-refractivity contribution in [1.29, 1.82) is 0 Å². The summed E-state index contributed by atoms with van der Waals surface area (Å²) in [5.41, 5.74) is 0. The third-order valence-corrected chi connectivity index (χ3v) is 2.92. The normalized spacial score (nSPS) is 15.8. The topological polar surface area (TPSA) is 32.8 Å². The van der Waals surface area contributed by atoms with Crippen LogP contribution in [0, 0.1) is 0 Å². The summed E-state index contributed by atoms with van der Waals surface area (Å²) in [6, 6.07) is 0.502. The molecule has 0 aliphatic carbocycles. The van der Waals surface area contributed by atoms with Gasteiger partial charge < -0.3 is 14.5 Å². The molecule has 0 aromatic rings. The fourth-order valence-corrected chi connectivity index (χ4v) is 1.50. The summed E-state index contributed by atoms with van der Waals surface area (Å²) in [5.74, 6) is 0.255. The van der Waals surface area contributed by atoms with Crippen molar-refractivity contribution in [3.63, 3.8) is 0 Å². The number of ether oxygens (including phenoxy) is 1. The highest BCUT2D eigenvalue weighted by Crippen LogP contribution is 2.02. The lowest BCUT2D eigenvalue weighted by Gasteiger charge is -2.28. The van der Waals surface area contributed by atoms with Gasteiger partial charge in [-0.15, -0.1) is 0 Å². The third-order valence-electron chi connectivity index (χ3n) is 2.92. The third kappa shape index (κ3) is 6.64. The molecule has 1 aliphatic heterocycles. The quantitative estimate of drug-likeness (QED) is 0.753. The van der Waals surface area contributed by atoms with E-state index in [-0.39, 0.29) is 5.91 Å². The van der Waals surface area contributed by atoms with E-state index in [1.807, 2.05) is 18.7 Å². The lowest BCUT2D eigenvalue weighted by Crippen LogP contribution is -2.42. The standard InChI is InChI=1S/C11H22N2O2.C2H6/c1-10(2)12(3)5-4-11(14)13-6-8-15-9-7-13;1-2/h10H,4-9H2,1-3H3;1-2H3. The Kier molecular flexibility index (Phi) is 9.09. The van der Waals surface area contributed by atoms with Crippen LogP contribution in [0.15, 0.2) is 0 Å². The monoisotopic (exact) mass is 244 g/mol. The second-order valence-electron chi connectivity index (χ2n) is 4.32. The molecule has 4 nitrogen and oxygen atoms in total. The molecule has 102 valence electrons. The Balaban J connectivity index is 0.00000121. The van der Waals surface area contributed by atoms with Crippen LogP contribution in [0.2, 0.25) is 0 Å². The molecule has 1 rings (SSSR count). The molecular formula is C13H28N2O2. The Morgan fingerprint density at radius 2 is 1.82 bits per heavy atom. The van der Waals surface area contributed by atoms with Crippen LogP contribution in [0.4, 0.5) is 0 Å². The predicted molar refractivity (Wildman–Crippen MR) is 71.1 cm³/mol. The Bertz CT molecular complexity index is 202. The van der Waals surface area contributed by atoms with Crippen molar-refractivity contribution in [1.82, 2.24) is 9.80 Å². The molecule has 1 heterocycles. The van der Waals surface area contributed by atoms with Crippen LogP contribution < -0.4 is 0 Å². The van der Waals surface area contributed by atoms with Gasteiger partial charge in [-0.3, -0.25) is 4.79 Å². The zero-order valence-corrected chi connectivity index (χ0v) is 12.0. The zero-order chi connectivity index (χ0) is 13.3. The van der Waals surface area contributed by atoms with E-state index in [2.05, 4.69) is 25.8 Å². The summed E-state index contributed by atoms with van der Waals surface area (Å²) in [6.45, 7) is 12.0. The van der Waals surface area contributed by atoms with Crippen LogP contribution in [-0.4, -0.2) is 61.6 Å². The Labute approximate surface area is 106 Å². The molecule has 0 spiro atoms. The van der Waals surface area contributed by atoms with Crippen molar-refractivity contribution in [3.8, 4) is 0 Å². The molecule has 1 fully saturated rings. The molecule has 4 heteroatoms. The maximum absolute atomic E-state index is 11.8. The number of nitrogens with zero attached hydrogens (tertiary/aromatic N) is 2. The van der Waals surface area contributed by atoms with Crippen LogP contribution in [0.5, 0.6) is 0 Å². The first-order valence-corrected chi connectivity index (χ1v) is 6.67. The molecule has 17 heavy (non-hydrogen) atoms. The highest BCUT2D eigenvalue weighted by atomic mass is 16.5. The van der Waals surface area contributed by atoms with E-state index < -0.39 is 0 Å². The highest BCUT2D eigenvalue weighted by molar-refractivity contribution is 5.76. The Morgan fingerprint density at radius 3 is 2.29 bits per heavy atom. The van der Waals surface area contributed by atoms with Gasteiger partial charge in [0.05, 0.1) is 13.2 Å². The van der Waals surface area contributed by atoms with Gasteiger partial charge in [0.25, 0.3) is 0 Å². The van der Waals surface area contributed by atoms with E-state index in [1.165, 1.54) is 0 Å². The number of amides is 1. The average molecular weight is 244 g/mol. The summed E-state index contributed by atoms with van der Waals surface area (Å²) in [6.07, 6.45) is 0.620. The number of hydrogen-bond donors (Lipinski definition) is 0. The lowest BCUT2D eigenvalue weighted by molar-refractivity contribution is -0.135. The molecule has 0 aromatic carbocycles. The summed E-state index contributed by atoms with van der Waals surface area (Å²) in [5, 5.41) is 0. The van der Waals surface area contributed by atoms with Crippen LogP contribution in [-0.2, 0) is 9.53 Å². The van der Waals surface area contributed by atoms with Crippen molar-refractivity contribution >= 4 is 5.91 Å². The van der Waals surface area contributed by atoms with E-state index >= 15 is 0 Å². The van der Waals surface area contributed by atoms with Gasteiger partial charge in [-0.2, -0.15) is 0 Å². The van der Waals surface area contributed by atoms with Crippen molar-refractivity contribution in [2.24, 2.45) is 0 Å². The van der Waals surface area contributed by atoms with Gasteiger partial charge in [-0.05, 0) is 20.9 Å². The van der Waals surface area contributed by atoms with Gasteiger partial charge in [0.15, 0.2) is 0 Å². The molecule has 1 amide bonds. The minimum atomic E-state index is 0.255. The first-order valence-electron chi connectivity index (χ1n) is 6.67. The lowest BCUT2D eigenvalue weighted by atomic mass is 10.3. The van der Waals surface area contributed by atoms with E-state index in [4.69, 9.17) is 4.74 Å². The van der Waals surface area contributed by atoms with Crippen LogP contribution in [0.25, 0.3) is 0 Å². The minimum absolute atomic E-state index is 0.255. The summed E-state index contributed by atoms with van der Waals surface area (Å²) in [7, 11) is 2.05. The molecule has 0 aromatic heterocycles. The number of hydrogen-bond acceptors (Lipinski definition) is 3. The molecule has 1 aliphatic rings. The van der Waals surface area contributed by atoms with Gasteiger partial charge >= 0.3 is 0 Å². The summed E-state index contributed by atoms with van der Waals surface area (Å²) in [4.78, 5) is 15.9. The Hall–Kier alpha value is -0.610. The first-order chi connectivity index (χ1) is 8.11.